The Labute approximate surface area is 89.4 Å². The summed E-state index contributed by atoms with van der Waals surface area (Å²) in [5.74, 6) is 1.08. The minimum absolute atomic E-state index is 0.0285. The van der Waals surface area contributed by atoms with E-state index in [1.807, 2.05) is 11.8 Å². The minimum atomic E-state index is 0.0285. The van der Waals surface area contributed by atoms with Crippen LogP contribution in [0.2, 0.25) is 0 Å². The van der Waals surface area contributed by atoms with Crippen LogP contribution in [0.4, 0.5) is 4.79 Å². The average Bonchev–Trinajstić information content (AvgIpc) is 2.66. The van der Waals surface area contributed by atoms with Gasteiger partial charge in [-0.05, 0) is 6.42 Å². The second-order valence-electron chi connectivity index (χ2n) is 4.12. The molecule has 14 heavy (non-hydrogen) atoms. The van der Waals surface area contributed by atoms with Crippen LogP contribution in [-0.2, 0) is 0 Å². The number of rotatable bonds is 4. The van der Waals surface area contributed by atoms with Crippen LogP contribution in [0.25, 0.3) is 0 Å². The molecule has 0 saturated carbocycles. The highest BCUT2D eigenvalue weighted by Crippen LogP contribution is 2.33. The van der Waals surface area contributed by atoms with Gasteiger partial charge in [-0.15, -0.1) is 0 Å². The van der Waals surface area contributed by atoms with Gasteiger partial charge in [0, 0.05) is 11.0 Å². The Morgan fingerprint density at radius 3 is 3.07 bits per heavy atom. The number of unbranched alkanes of at least 4 members (excludes halogenated alkanes) is 2. The number of amides is 2. The fourth-order valence-electron chi connectivity index (χ4n) is 2.24. The van der Waals surface area contributed by atoms with Crippen molar-refractivity contribution in [2.45, 2.75) is 49.9 Å². The van der Waals surface area contributed by atoms with Gasteiger partial charge < -0.3 is 10.6 Å². The Bertz CT molecular complexity index is 222. The Balaban J connectivity index is 1.80. The summed E-state index contributed by atoms with van der Waals surface area (Å²) >= 11 is 2.01. The zero-order valence-electron chi connectivity index (χ0n) is 8.58. The maximum Gasteiger partial charge on any atom is 0.315 e. The number of carbonyl (C=O) groups is 1. The molecular weight excluding hydrogens is 196 g/mol. The molecule has 2 rings (SSSR count). The van der Waals surface area contributed by atoms with Crippen LogP contribution in [0.15, 0.2) is 0 Å². The van der Waals surface area contributed by atoms with Gasteiger partial charge in [0.1, 0.15) is 0 Å². The highest BCUT2D eigenvalue weighted by Gasteiger charge is 2.42. The molecule has 0 unspecified atom stereocenters. The first kappa shape index (κ1) is 10.1. The molecule has 0 aromatic rings. The maximum absolute atomic E-state index is 11.1. The monoisotopic (exact) mass is 214 g/mol. The van der Waals surface area contributed by atoms with Crippen LogP contribution in [0, 0.1) is 0 Å². The van der Waals surface area contributed by atoms with Gasteiger partial charge in [-0.3, -0.25) is 0 Å². The molecule has 2 saturated heterocycles. The van der Waals surface area contributed by atoms with E-state index in [4.69, 9.17) is 0 Å². The molecule has 2 amide bonds. The zero-order chi connectivity index (χ0) is 9.97. The molecule has 3 nitrogen and oxygen atoms in total. The quantitative estimate of drug-likeness (QED) is 0.553. The minimum Gasteiger partial charge on any atom is -0.332 e. The van der Waals surface area contributed by atoms with Gasteiger partial charge in [0.2, 0.25) is 0 Å². The topological polar surface area (TPSA) is 41.1 Å². The summed E-state index contributed by atoms with van der Waals surface area (Å²) in [6.45, 7) is 2.23. The van der Waals surface area contributed by atoms with E-state index in [0.29, 0.717) is 17.3 Å². The highest BCUT2D eigenvalue weighted by molar-refractivity contribution is 8.00. The van der Waals surface area contributed by atoms with E-state index in [2.05, 4.69) is 17.6 Å². The van der Waals surface area contributed by atoms with Crippen LogP contribution >= 0.6 is 11.8 Å². The number of fused-ring (bicyclic) bond motifs is 1. The number of carbonyl (C=O) groups excluding carboxylic acids is 1. The van der Waals surface area contributed by atoms with E-state index >= 15 is 0 Å². The Kier molecular flexibility index (Phi) is 3.21. The standard InChI is InChI=1S/C10H18N2OS/c1-2-3-4-5-8-9-7(6-14-8)11-10(13)12-9/h7-9H,2-6H2,1H3,(H2,11,12,13)/t7-,8+,9-/m1/s1. The molecule has 2 aliphatic rings. The third-order valence-electron chi connectivity index (χ3n) is 3.03. The Morgan fingerprint density at radius 1 is 1.43 bits per heavy atom. The number of hydrogen-bond acceptors (Lipinski definition) is 2. The van der Waals surface area contributed by atoms with Crippen molar-refractivity contribution in [3.63, 3.8) is 0 Å². The van der Waals surface area contributed by atoms with Gasteiger partial charge in [-0.25, -0.2) is 4.79 Å². The molecule has 0 aliphatic carbocycles. The predicted octanol–water partition coefficient (Wildman–Crippen LogP) is 1.73. The summed E-state index contributed by atoms with van der Waals surface area (Å²) in [6.07, 6.45) is 5.14. The lowest BCUT2D eigenvalue weighted by atomic mass is 10.0. The van der Waals surface area contributed by atoms with Crippen LogP contribution in [-0.4, -0.2) is 29.1 Å². The lowest BCUT2D eigenvalue weighted by Crippen LogP contribution is -2.36. The van der Waals surface area contributed by atoms with Gasteiger partial charge in [-0.2, -0.15) is 11.8 Å². The highest BCUT2D eigenvalue weighted by atomic mass is 32.2. The van der Waals surface area contributed by atoms with Gasteiger partial charge in [0.25, 0.3) is 0 Å². The van der Waals surface area contributed by atoms with Gasteiger partial charge in [0.15, 0.2) is 0 Å². The number of nitrogens with one attached hydrogen (secondary N) is 2. The lowest BCUT2D eigenvalue weighted by molar-refractivity contribution is 0.247. The van der Waals surface area contributed by atoms with Crippen molar-refractivity contribution >= 4 is 17.8 Å². The van der Waals surface area contributed by atoms with E-state index in [9.17, 15) is 4.79 Å². The van der Waals surface area contributed by atoms with Crippen molar-refractivity contribution < 1.29 is 4.79 Å². The molecule has 2 heterocycles. The second kappa shape index (κ2) is 4.43. The summed E-state index contributed by atoms with van der Waals surface area (Å²) in [5, 5.41) is 6.63. The van der Waals surface area contributed by atoms with Crippen molar-refractivity contribution in [2.75, 3.05) is 5.75 Å². The van der Waals surface area contributed by atoms with Crippen LogP contribution < -0.4 is 10.6 Å². The summed E-state index contributed by atoms with van der Waals surface area (Å²) in [6, 6.07) is 0.810. The molecule has 2 aliphatic heterocycles. The van der Waals surface area contributed by atoms with Crippen molar-refractivity contribution in [2.24, 2.45) is 0 Å². The lowest BCUT2D eigenvalue weighted by Gasteiger charge is -2.16. The molecule has 0 aromatic carbocycles. The third-order valence-corrected chi connectivity index (χ3v) is 4.54. The van der Waals surface area contributed by atoms with Crippen molar-refractivity contribution in [3.05, 3.63) is 0 Å². The van der Waals surface area contributed by atoms with Crippen molar-refractivity contribution in [3.8, 4) is 0 Å². The molecule has 2 N–H and O–H groups in total. The van der Waals surface area contributed by atoms with Crippen LogP contribution in [0.3, 0.4) is 0 Å². The van der Waals surface area contributed by atoms with E-state index in [1.54, 1.807) is 0 Å². The SMILES string of the molecule is CCCCC[C@@H]1SC[C@H]2NC(=O)N[C@@H]12. The fourth-order valence-corrected chi connectivity index (χ4v) is 3.78. The summed E-state index contributed by atoms with van der Waals surface area (Å²) < 4.78 is 0. The van der Waals surface area contributed by atoms with Gasteiger partial charge >= 0.3 is 6.03 Å². The number of hydrogen-bond donors (Lipinski definition) is 2. The first-order valence-electron chi connectivity index (χ1n) is 5.50. The van der Waals surface area contributed by atoms with E-state index in [1.165, 1.54) is 25.7 Å². The summed E-state index contributed by atoms with van der Waals surface area (Å²) in [4.78, 5) is 11.1. The fraction of sp³-hybridized carbons (Fsp3) is 0.900. The zero-order valence-corrected chi connectivity index (χ0v) is 9.40. The van der Waals surface area contributed by atoms with Crippen LogP contribution in [0.5, 0.6) is 0 Å². The molecule has 0 radical (unpaired) electrons. The molecule has 0 bridgehead atoms. The van der Waals surface area contributed by atoms with E-state index in [-0.39, 0.29) is 6.03 Å². The summed E-state index contributed by atoms with van der Waals surface area (Å²) in [7, 11) is 0. The van der Waals surface area contributed by atoms with Crippen molar-refractivity contribution in [1.29, 1.82) is 0 Å². The van der Waals surface area contributed by atoms with E-state index in [0.717, 1.165) is 5.75 Å². The Hall–Kier alpha value is -0.380. The second-order valence-corrected chi connectivity index (χ2v) is 5.39. The van der Waals surface area contributed by atoms with Gasteiger partial charge in [0.05, 0.1) is 12.1 Å². The third kappa shape index (κ3) is 2.00. The molecule has 3 atom stereocenters. The molecule has 0 aromatic heterocycles. The number of thioether (sulfide) groups is 1. The molecule has 4 heteroatoms. The first-order chi connectivity index (χ1) is 6.81. The summed E-state index contributed by atoms with van der Waals surface area (Å²) in [5.41, 5.74) is 0. The smallest absolute Gasteiger partial charge is 0.315 e. The van der Waals surface area contributed by atoms with E-state index < -0.39 is 0 Å². The molecular formula is C10H18N2OS. The number of urea groups is 1. The van der Waals surface area contributed by atoms with Crippen LogP contribution in [0.1, 0.15) is 32.6 Å². The molecule has 80 valence electrons. The molecule has 2 fully saturated rings. The molecule has 0 spiro atoms. The van der Waals surface area contributed by atoms with Crippen molar-refractivity contribution in [1.82, 2.24) is 10.6 Å². The Morgan fingerprint density at radius 2 is 2.29 bits per heavy atom. The average molecular weight is 214 g/mol. The normalized spacial score (nSPS) is 35.2. The predicted molar refractivity (Wildman–Crippen MR) is 59.6 cm³/mol. The largest absolute Gasteiger partial charge is 0.332 e. The first-order valence-corrected chi connectivity index (χ1v) is 6.54. The maximum atomic E-state index is 11.1. The van der Waals surface area contributed by atoms with Gasteiger partial charge in [-0.1, -0.05) is 26.2 Å².